The van der Waals surface area contributed by atoms with E-state index in [-0.39, 0.29) is 0 Å². The summed E-state index contributed by atoms with van der Waals surface area (Å²) in [6.07, 6.45) is 8.03. The number of carbonyl (C=O) groups is 1. The van der Waals surface area contributed by atoms with Gasteiger partial charge in [-0.3, -0.25) is 4.79 Å². The van der Waals surface area contributed by atoms with Crippen LogP contribution < -0.4 is 10.5 Å². The van der Waals surface area contributed by atoms with E-state index in [4.69, 9.17) is 10.5 Å². The highest BCUT2D eigenvalue weighted by atomic mass is 16.5. The standard InChI is InChI=1S/C18H20N2O2/c19-18(21)15-8-11-17(20-12-15)22-16-9-6-14(7-10-16)13-4-2-1-3-5-13/h6-13H,1-5H2,(H2,19,21). The van der Waals surface area contributed by atoms with Gasteiger partial charge in [0.25, 0.3) is 0 Å². The van der Waals surface area contributed by atoms with Crippen molar-refractivity contribution < 1.29 is 9.53 Å². The van der Waals surface area contributed by atoms with Crippen molar-refractivity contribution >= 4 is 5.91 Å². The van der Waals surface area contributed by atoms with Crippen molar-refractivity contribution in [1.29, 1.82) is 0 Å². The Hall–Kier alpha value is -2.36. The van der Waals surface area contributed by atoms with Gasteiger partial charge < -0.3 is 10.5 Å². The molecule has 1 aliphatic rings. The second-order valence-corrected chi connectivity index (χ2v) is 5.76. The van der Waals surface area contributed by atoms with Gasteiger partial charge in [-0.25, -0.2) is 4.98 Å². The number of nitrogens with zero attached hydrogens (tertiary/aromatic N) is 1. The molecular weight excluding hydrogens is 276 g/mol. The van der Waals surface area contributed by atoms with E-state index >= 15 is 0 Å². The number of ether oxygens (including phenoxy) is 1. The van der Waals surface area contributed by atoms with E-state index in [0.717, 1.165) is 5.75 Å². The Bertz CT molecular complexity index is 629. The van der Waals surface area contributed by atoms with E-state index in [9.17, 15) is 4.79 Å². The lowest BCUT2D eigenvalue weighted by atomic mass is 9.84. The van der Waals surface area contributed by atoms with Crippen molar-refractivity contribution in [3.63, 3.8) is 0 Å². The third kappa shape index (κ3) is 3.45. The van der Waals surface area contributed by atoms with Gasteiger partial charge in [0.2, 0.25) is 11.8 Å². The summed E-state index contributed by atoms with van der Waals surface area (Å²) in [6.45, 7) is 0. The van der Waals surface area contributed by atoms with E-state index in [1.165, 1.54) is 43.9 Å². The van der Waals surface area contributed by atoms with Crippen LogP contribution in [0.3, 0.4) is 0 Å². The average Bonchev–Trinajstić information content (AvgIpc) is 2.57. The van der Waals surface area contributed by atoms with Crippen LogP contribution in [0.4, 0.5) is 0 Å². The average molecular weight is 296 g/mol. The first-order valence-electron chi connectivity index (χ1n) is 7.76. The molecule has 1 fully saturated rings. The lowest BCUT2D eigenvalue weighted by molar-refractivity contribution is 0.1000. The van der Waals surface area contributed by atoms with Gasteiger partial charge in [-0.05, 0) is 42.5 Å². The van der Waals surface area contributed by atoms with Crippen LogP contribution >= 0.6 is 0 Å². The first-order valence-corrected chi connectivity index (χ1v) is 7.76. The number of rotatable bonds is 4. The Morgan fingerprint density at radius 3 is 2.36 bits per heavy atom. The van der Waals surface area contributed by atoms with Crippen LogP contribution in [0, 0.1) is 0 Å². The van der Waals surface area contributed by atoms with Crippen LogP contribution in [-0.4, -0.2) is 10.9 Å². The molecule has 0 atom stereocenters. The maximum Gasteiger partial charge on any atom is 0.250 e. The smallest absolute Gasteiger partial charge is 0.250 e. The maximum absolute atomic E-state index is 11.0. The second-order valence-electron chi connectivity index (χ2n) is 5.76. The molecule has 2 aromatic rings. The number of aromatic nitrogens is 1. The van der Waals surface area contributed by atoms with E-state index in [1.54, 1.807) is 12.1 Å². The summed E-state index contributed by atoms with van der Waals surface area (Å²) in [7, 11) is 0. The third-order valence-corrected chi connectivity index (χ3v) is 4.20. The molecule has 1 aromatic heterocycles. The Morgan fingerprint density at radius 1 is 1.05 bits per heavy atom. The summed E-state index contributed by atoms with van der Waals surface area (Å²) in [5, 5.41) is 0. The lowest BCUT2D eigenvalue weighted by Gasteiger charge is -2.22. The van der Waals surface area contributed by atoms with Gasteiger partial charge >= 0.3 is 0 Å². The van der Waals surface area contributed by atoms with Crippen LogP contribution in [0.15, 0.2) is 42.6 Å². The largest absolute Gasteiger partial charge is 0.439 e. The molecule has 114 valence electrons. The zero-order valence-electron chi connectivity index (χ0n) is 12.5. The zero-order valence-corrected chi connectivity index (χ0v) is 12.5. The number of amides is 1. The molecule has 1 saturated carbocycles. The molecule has 0 bridgehead atoms. The predicted molar refractivity (Wildman–Crippen MR) is 85.1 cm³/mol. The molecular formula is C18H20N2O2. The van der Waals surface area contributed by atoms with Crippen molar-refractivity contribution in [2.45, 2.75) is 38.0 Å². The molecule has 0 aliphatic heterocycles. The first-order chi connectivity index (χ1) is 10.7. The number of hydrogen-bond acceptors (Lipinski definition) is 3. The summed E-state index contributed by atoms with van der Waals surface area (Å²) in [6, 6.07) is 11.5. The molecule has 0 unspecified atom stereocenters. The normalized spacial score (nSPS) is 15.5. The molecule has 0 saturated heterocycles. The summed E-state index contributed by atoms with van der Waals surface area (Å²) in [5.74, 6) is 1.40. The number of primary amides is 1. The second kappa shape index (κ2) is 6.60. The highest BCUT2D eigenvalue weighted by molar-refractivity contribution is 5.92. The van der Waals surface area contributed by atoms with E-state index in [0.29, 0.717) is 17.4 Å². The lowest BCUT2D eigenvalue weighted by Crippen LogP contribution is -2.10. The fraction of sp³-hybridized carbons (Fsp3) is 0.333. The van der Waals surface area contributed by atoms with Gasteiger partial charge in [0.05, 0.1) is 5.56 Å². The van der Waals surface area contributed by atoms with Crippen LogP contribution in [-0.2, 0) is 0 Å². The highest BCUT2D eigenvalue weighted by Crippen LogP contribution is 2.33. The predicted octanol–water partition coefficient (Wildman–Crippen LogP) is 4.02. The molecule has 1 amide bonds. The summed E-state index contributed by atoms with van der Waals surface area (Å²) < 4.78 is 5.69. The molecule has 4 nitrogen and oxygen atoms in total. The Kier molecular flexibility index (Phi) is 4.37. The van der Waals surface area contributed by atoms with Crippen molar-refractivity contribution in [3.8, 4) is 11.6 Å². The SMILES string of the molecule is NC(=O)c1ccc(Oc2ccc(C3CCCCC3)cc2)nc1. The number of benzene rings is 1. The molecule has 2 N–H and O–H groups in total. The van der Waals surface area contributed by atoms with Crippen molar-refractivity contribution in [3.05, 3.63) is 53.7 Å². The summed E-state index contributed by atoms with van der Waals surface area (Å²) in [4.78, 5) is 15.1. The monoisotopic (exact) mass is 296 g/mol. The maximum atomic E-state index is 11.0. The van der Waals surface area contributed by atoms with E-state index in [2.05, 4.69) is 17.1 Å². The molecule has 4 heteroatoms. The molecule has 1 aliphatic carbocycles. The molecule has 22 heavy (non-hydrogen) atoms. The topological polar surface area (TPSA) is 65.2 Å². The number of pyridine rings is 1. The number of nitrogens with two attached hydrogens (primary N) is 1. The first kappa shape index (κ1) is 14.6. The molecule has 0 spiro atoms. The van der Waals surface area contributed by atoms with Crippen LogP contribution in [0.1, 0.15) is 53.9 Å². The van der Waals surface area contributed by atoms with Gasteiger partial charge in [0, 0.05) is 12.3 Å². The van der Waals surface area contributed by atoms with Gasteiger partial charge in [-0.15, -0.1) is 0 Å². The highest BCUT2D eigenvalue weighted by Gasteiger charge is 2.15. The Labute approximate surface area is 130 Å². The Morgan fingerprint density at radius 2 is 1.77 bits per heavy atom. The zero-order chi connectivity index (χ0) is 15.4. The van der Waals surface area contributed by atoms with Crippen LogP contribution in [0.5, 0.6) is 11.6 Å². The van der Waals surface area contributed by atoms with Crippen molar-refractivity contribution in [2.75, 3.05) is 0 Å². The minimum atomic E-state index is -0.490. The number of carbonyl (C=O) groups excluding carboxylic acids is 1. The summed E-state index contributed by atoms with van der Waals surface area (Å²) >= 11 is 0. The van der Waals surface area contributed by atoms with Crippen molar-refractivity contribution in [1.82, 2.24) is 4.98 Å². The van der Waals surface area contributed by atoms with Crippen LogP contribution in [0.25, 0.3) is 0 Å². The quantitative estimate of drug-likeness (QED) is 0.926. The van der Waals surface area contributed by atoms with Gasteiger partial charge in [0.15, 0.2) is 0 Å². The molecule has 0 radical (unpaired) electrons. The number of hydrogen-bond donors (Lipinski definition) is 1. The molecule has 1 heterocycles. The fourth-order valence-electron chi connectivity index (χ4n) is 2.95. The molecule has 3 rings (SSSR count). The molecule has 1 aromatic carbocycles. The van der Waals surface area contributed by atoms with Crippen molar-refractivity contribution in [2.24, 2.45) is 5.73 Å². The minimum Gasteiger partial charge on any atom is -0.439 e. The van der Waals surface area contributed by atoms with E-state index < -0.39 is 5.91 Å². The third-order valence-electron chi connectivity index (χ3n) is 4.20. The minimum absolute atomic E-state index is 0.375. The van der Waals surface area contributed by atoms with Gasteiger partial charge in [-0.1, -0.05) is 31.4 Å². The van der Waals surface area contributed by atoms with E-state index in [1.807, 2.05) is 12.1 Å². The summed E-state index contributed by atoms with van der Waals surface area (Å²) in [5.41, 5.74) is 6.95. The van der Waals surface area contributed by atoms with Gasteiger partial charge in [-0.2, -0.15) is 0 Å². The Balaban J connectivity index is 1.66. The van der Waals surface area contributed by atoms with Crippen LogP contribution in [0.2, 0.25) is 0 Å². The van der Waals surface area contributed by atoms with Gasteiger partial charge in [0.1, 0.15) is 5.75 Å². The fourth-order valence-corrected chi connectivity index (χ4v) is 2.95.